The number of nitrogens with zero attached hydrogens (tertiary/aromatic N) is 2. The Kier molecular flexibility index (Phi) is 3.88. The molecule has 18 heavy (non-hydrogen) atoms. The molecule has 0 bridgehead atoms. The van der Waals surface area contributed by atoms with Gasteiger partial charge in [0.1, 0.15) is 5.82 Å². The lowest BCUT2D eigenvalue weighted by Gasteiger charge is -2.06. The summed E-state index contributed by atoms with van der Waals surface area (Å²) in [7, 11) is 0. The molecule has 0 aliphatic carbocycles. The molecule has 1 aromatic carbocycles. The van der Waals surface area contributed by atoms with Crippen molar-refractivity contribution in [3.05, 3.63) is 62.7 Å². The van der Waals surface area contributed by atoms with Crippen molar-refractivity contribution in [2.45, 2.75) is 6.54 Å². The maximum atomic E-state index is 10.6. The highest BCUT2D eigenvalue weighted by Crippen LogP contribution is 2.18. The first kappa shape index (κ1) is 12.5. The number of rotatable bonds is 4. The maximum absolute atomic E-state index is 10.6. The van der Waals surface area contributed by atoms with Crippen LogP contribution in [0.25, 0.3) is 0 Å². The maximum Gasteiger partial charge on any atom is 0.274 e. The average Bonchev–Trinajstić information content (AvgIpc) is 2.38. The quantitative estimate of drug-likeness (QED) is 0.694. The predicted molar refractivity (Wildman–Crippen MR) is 72.4 cm³/mol. The van der Waals surface area contributed by atoms with Gasteiger partial charge in [0, 0.05) is 23.3 Å². The van der Waals surface area contributed by atoms with Crippen LogP contribution in [-0.4, -0.2) is 9.91 Å². The van der Waals surface area contributed by atoms with E-state index in [9.17, 15) is 10.1 Å². The van der Waals surface area contributed by atoms with Crippen LogP contribution in [0.1, 0.15) is 5.56 Å². The van der Waals surface area contributed by atoms with E-state index in [-0.39, 0.29) is 5.69 Å². The molecule has 0 spiro atoms. The molecule has 0 atom stereocenters. The molecule has 92 valence electrons. The van der Waals surface area contributed by atoms with Crippen LogP contribution in [0.4, 0.5) is 11.5 Å². The highest BCUT2D eigenvalue weighted by molar-refractivity contribution is 9.10. The zero-order chi connectivity index (χ0) is 13.0. The second-order valence-electron chi connectivity index (χ2n) is 3.60. The Balaban J connectivity index is 2.09. The Labute approximate surface area is 112 Å². The van der Waals surface area contributed by atoms with E-state index < -0.39 is 4.92 Å². The number of halogens is 1. The van der Waals surface area contributed by atoms with E-state index in [1.165, 1.54) is 18.3 Å². The lowest BCUT2D eigenvalue weighted by atomic mass is 10.2. The van der Waals surface area contributed by atoms with Gasteiger partial charge < -0.3 is 5.32 Å². The molecular formula is C12H10BrN3O2. The van der Waals surface area contributed by atoms with E-state index in [1.54, 1.807) is 0 Å². The van der Waals surface area contributed by atoms with E-state index in [0.717, 1.165) is 10.0 Å². The highest BCUT2D eigenvalue weighted by Gasteiger charge is 2.06. The molecule has 6 heteroatoms. The summed E-state index contributed by atoms with van der Waals surface area (Å²) >= 11 is 3.44. The molecular weight excluding hydrogens is 298 g/mol. The van der Waals surface area contributed by atoms with Crippen molar-refractivity contribution >= 4 is 27.4 Å². The van der Waals surface area contributed by atoms with E-state index in [4.69, 9.17) is 0 Å². The Morgan fingerprint density at radius 2 is 2.11 bits per heavy atom. The summed E-state index contributed by atoms with van der Waals surface area (Å²) in [6, 6.07) is 10.6. The minimum Gasteiger partial charge on any atom is -0.366 e. The number of aromatic nitrogens is 1. The molecule has 0 radical (unpaired) electrons. The fraction of sp³-hybridized carbons (Fsp3) is 0.0833. The SMILES string of the molecule is O=[N+]([O-])c1ccnc(NCc2ccccc2Br)c1. The van der Waals surface area contributed by atoms with Crippen LogP contribution < -0.4 is 5.32 Å². The van der Waals surface area contributed by atoms with Gasteiger partial charge in [0.2, 0.25) is 0 Å². The first-order valence-corrected chi connectivity index (χ1v) is 6.04. The zero-order valence-electron chi connectivity index (χ0n) is 9.34. The number of nitrogens with one attached hydrogen (secondary N) is 1. The molecule has 0 aliphatic heterocycles. The van der Waals surface area contributed by atoms with Gasteiger partial charge in [-0.3, -0.25) is 10.1 Å². The molecule has 0 unspecified atom stereocenters. The second kappa shape index (κ2) is 5.59. The first-order valence-electron chi connectivity index (χ1n) is 5.24. The second-order valence-corrected chi connectivity index (χ2v) is 4.46. The van der Waals surface area contributed by atoms with Gasteiger partial charge in [0.25, 0.3) is 5.69 Å². The largest absolute Gasteiger partial charge is 0.366 e. The van der Waals surface area contributed by atoms with Crippen LogP contribution in [0.3, 0.4) is 0 Å². The summed E-state index contributed by atoms with van der Waals surface area (Å²) in [4.78, 5) is 14.2. The third-order valence-electron chi connectivity index (χ3n) is 2.37. The van der Waals surface area contributed by atoms with Gasteiger partial charge in [-0.15, -0.1) is 0 Å². The zero-order valence-corrected chi connectivity index (χ0v) is 10.9. The monoisotopic (exact) mass is 307 g/mol. The number of benzene rings is 1. The van der Waals surface area contributed by atoms with Crippen molar-refractivity contribution < 1.29 is 4.92 Å². The number of anilines is 1. The minimum atomic E-state index is -0.439. The molecule has 1 heterocycles. The lowest BCUT2D eigenvalue weighted by molar-refractivity contribution is -0.384. The molecule has 1 aromatic heterocycles. The van der Waals surface area contributed by atoms with Crippen LogP contribution in [0, 0.1) is 10.1 Å². The van der Waals surface area contributed by atoms with Crippen molar-refractivity contribution in [3.8, 4) is 0 Å². The fourth-order valence-corrected chi connectivity index (χ4v) is 1.88. The van der Waals surface area contributed by atoms with Crippen molar-refractivity contribution in [2.24, 2.45) is 0 Å². The number of hydrogen-bond donors (Lipinski definition) is 1. The van der Waals surface area contributed by atoms with Crippen LogP contribution in [-0.2, 0) is 6.54 Å². The third-order valence-corrected chi connectivity index (χ3v) is 3.15. The summed E-state index contributed by atoms with van der Waals surface area (Å²) in [6.07, 6.45) is 1.42. The van der Waals surface area contributed by atoms with Crippen LogP contribution >= 0.6 is 15.9 Å². The summed E-state index contributed by atoms with van der Waals surface area (Å²) in [5.41, 5.74) is 1.09. The van der Waals surface area contributed by atoms with Gasteiger partial charge in [-0.2, -0.15) is 0 Å². The van der Waals surface area contributed by atoms with Crippen LogP contribution in [0.2, 0.25) is 0 Å². The van der Waals surface area contributed by atoms with E-state index in [1.807, 2.05) is 24.3 Å². The lowest BCUT2D eigenvalue weighted by Crippen LogP contribution is -2.02. The standard InChI is InChI=1S/C12H10BrN3O2/c13-11-4-2-1-3-9(11)8-15-12-7-10(16(17)18)5-6-14-12/h1-7H,8H2,(H,14,15). The molecule has 0 amide bonds. The topological polar surface area (TPSA) is 68.1 Å². The number of nitro groups is 1. The molecule has 2 rings (SSSR count). The van der Waals surface area contributed by atoms with E-state index >= 15 is 0 Å². The number of pyridine rings is 1. The van der Waals surface area contributed by atoms with Gasteiger partial charge in [-0.05, 0) is 11.6 Å². The first-order chi connectivity index (χ1) is 8.66. The summed E-state index contributed by atoms with van der Waals surface area (Å²) in [5.74, 6) is 0.486. The van der Waals surface area contributed by atoms with Crippen LogP contribution in [0.5, 0.6) is 0 Å². The normalized spacial score (nSPS) is 10.1. The molecule has 0 saturated carbocycles. The summed E-state index contributed by atoms with van der Waals surface area (Å²) in [5, 5.41) is 13.7. The van der Waals surface area contributed by atoms with Gasteiger partial charge in [0.15, 0.2) is 0 Å². The van der Waals surface area contributed by atoms with Crippen molar-refractivity contribution in [1.82, 2.24) is 4.98 Å². The Hall–Kier alpha value is -1.95. The summed E-state index contributed by atoms with van der Waals surface area (Å²) in [6.45, 7) is 0.551. The molecule has 0 aliphatic rings. The Bertz CT molecular complexity index is 575. The van der Waals surface area contributed by atoms with Crippen molar-refractivity contribution in [1.29, 1.82) is 0 Å². The Morgan fingerprint density at radius 1 is 1.33 bits per heavy atom. The van der Waals surface area contributed by atoms with Crippen molar-refractivity contribution in [3.63, 3.8) is 0 Å². The molecule has 5 nitrogen and oxygen atoms in total. The molecule has 1 N–H and O–H groups in total. The van der Waals surface area contributed by atoms with Gasteiger partial charge in [-0.1, -0.05) is 34.1 Å². The average molecular weight is 308 g/mol. The Morgan fingerprint density at radius 3 is 2.83 bits per heavy atom. The summed E-state index contributed by atoms with van der Waals surface area (Å²) < 4.78 is 0.989. The highest BCUT2D eigenvalue weighted by atomic mass is 79.9. The molecule has 0 fully saturated rings. The van der Waals surface area contributed by atoms with Gasteiger partial charge in [-0.25, -0.2) is 4.98 Å². The van der Waals surface area contributed by atoms with Crippen molar-refractivity contribution in [2.75, 3.05) is 5.32 Å². The smallest absolute Gasteiger partial charge is 0.274 e. The number of hydrogen-bond acceptors (Lipinski definition) is 4. The van der Waals surface area contributed by atoms with E-state index in [0.29, 0.717) is 12.4 Å². The fourth-order valence-electron chi connectivity index (χ4n) is 1.46. The van der Waals surface area contributed by atoms with Gasteiger partial charge in [0.05, 0.1) is 11.0 Å². The third kappa shape index (κ3) is 3.04. The molecule has 0 saturated heterocycles. The minimum absolute atomic E-state index is 0.0274. The van der Waals surface area contributed by atoms with E-state index in [2.05, 4.69) is 26.2 Å². The van der Waals surface area contributed by atoms with Gasteiger partial charge >= 0.3 is 0 Å². The predicted octanol–water partition coefficient (Wildman–Crippen LogP) is 3.36. The molecule has 2 aromatic rings. The van der Waals surface area contributed by atoms with Crippen LogP contribution in [0.15, 0.2) is 47.1 Å².